The molecule has 0 aliphatic heterocycles. The van der Waals surface area contributed by atoms with Crippen LogP contribution in [0, 0.1) is 0 Å². The quantitative estimate of drug-likeness (QED) is 0.880. The molecule has 0 aliphatic rings. The fourth-order valence-corrected chi connectivity index (χ4v) is 2.64. The Morgan fingerprint density at radius 2 is 2.26 bits per heavy atom. The molecule has 0 spiro atoms. The number of benzene rings is 1. The molecule has 2 N–H and O–H groups in total. The Kier molecular flexibility index (Phi) is 4.34. The van der Waals surface area contributed by atoms with Crippen LogP contribution < -0.4 is 5.32 Å². The SMILES string of the molecule is CN(C)CCc1ccc2sc(CNC(=O)O)nc2c1. The lowest BCUT2D eigenvalue weighted by molar-refractivity contribution is 0.194. The number of amides is 1. The van der Waals surface area contributed by atoms with E-state index in [-0.39, 0.29) is 6.54 Å². The maximum atomic E-state index is 10.5. The Morgan fingerprint density at radius 1 is 1.47 bits per heavy atom. The summed E-state index contributed by atoms with van der Waals surface area (Å²) in [5.74, 6) is 0. The normalized spacial score (nSPS) is 11.1. The minimum absolute atomic E-state index is 0.266. The molecule has 2 aromatic rings. The third kappa shape index (κ3) is 3.90. The van der Waals surface area contributed by atoms with Crippen LogP contribution in [0.2, 0.25) is 0 Å². The van der Waals surface area contributed by atoms with Crippen molar-refractivity contribution in [3.63, 3.8) is 0 Å². The number of aromatic nitrogens is 1. The van der Waals surface area contributed by atoms with E-state index in [2.05, 4.69) is 47.5 Å². The van der Waals surface area contributed by atoms with Crippen molar-refractivity contribution in [3.8, 4) is 0 Å². The van der Waals surface area contributed by atoms with Gasteiger partial charge in [0, 0.05) is 6.54 Å². The second-order valence-corrected chi connectivity index (χ2v) is 5.74. The number of carbonyl (C=O) groups is 1. The Balaban J connectivity index is 2.11. The molecule has 2 rings (SSSR count). The van der Waals surface area contributed by atoms with Crippen LogP contribution in [0.1, 0.15) is 10.6 Å². The van der Waals surface area contributed by atoms with Gasteiger partial charge in [0.25, 0.3) is 0 Å². The van der Waals surface area contributed by atoms with E-state index < -0.39 is 6.09 Å². The topological polar surface area (TPSA) is 65.5 Å². The molecule has 0 bridgehead atoms. The maximum absolute atomic E-state index is 10.5. The van der Waals surface area contributed by atoms with Crippen molar-refractivity contribution in [2.24, 2.45) is 0 Å². The summed E-state index contributed by atoms with van der Waals surface area (Å²) < 4.78 is 1.09. The number of carboxylic acid groups (broad SMARTS) is 1. The molecule has 0 saturated carbocycles. The Labute approximate surface area is 115 Å². The number of nitrogens with zero attached hydrogens (tertiary/aromatic N) is 2. The summed E-state index contributed by atoms with van der Waals surface area (Å²) in [4.78, 5) is 17.0. The highest BCUT2D eigenvalue weighted by molar-refractivity contribution is 7.18. The first kappa shape index (κ1) is 13.8. The monoisotopic (exact) mass is 279 g/mol. The van der Waals surface area contributed by atoms with Crippen molar-refractivity contribution in [2.75, 3.05) is 20.6 Å². The fourth-order valence-electron chi connectivity index (χ4n) is 1.76. The van der Waals surface area contributed by atoms with Gasteiger partial charge in [-0.05, 0) is 38.2 Å². The van der Waals surface area contributed by atoms with E-state index in [4.69, 9.17) is 5.11 Å². The molecule has 0 radical (unpaired) electrons. The van der Waals surface area contributed by atoms with Crippen LogP contribution in [0.4, 0.5) is 4.79 Å². The van der Waals surface area contributed by atoms with E-state index in [1.165, 1.54) is 16.9 Å². The van der Waals surface area contributed by atoms with Gasteiger partial charge in [0.05, 0.1) is 16.8 Å². The van der Waals surface area contributed by atoms with Crippen molar-refractivity contribution in [3.05, 3.63) is 28.8 Å². The van der Waals surface area contributed by atoms with Crippen LogP contribution in [0.25, 0.3) is 10.2 Å². The predicted molar refractivity (Wildman–Crippen MR) is 76.7 cm³/mol. The third-order valence-corrected chi connectivity index (χ3v) is 3.77. The fraction of sp³-hybridized carbons (Fsp3) is 0.385. The zero-order valence-electron chi connectivity index (χ0n) is 11.0. The lowest BCUT2D eigenvalue weighted by Crippen LogP contribution is -2.19. The zero-order chi connectivity index (χ0) is 13.8. The highest BCUT2D eigenvalue weighted by Gasteiger charge is 2.06. The Bertz CT molecular complexity index is 580. The summed E-state index contributed by atoms with van der Waals surface area (Å²) in [6, 6.07) is 6.25. The molecule has 1 heterocycles. The van der Waals surface area contributed by atoms with E-state index in [9.17, 15) is 4.79 Å². The molecular weight excluding hydrogens is 262 g/mol. The number of fused-ring (bicyclic) bond motifs is 1. The summed E-state index contributed by atoms with van der Waals surface area (Å²) in [7, 11) is 4.11. The average molecular weight is 279 g/mol. The van der Waals surface area contributed by atoms with E-state index in [1.807, 2.05) is 0 Å². The number of hydrogen-bond donors (Lipinski definition) is 2. The summed E-state index contributed by atoms with van der Waals surface area (Å²) in [6.45, 7) is 1.27. The smallest absolute Gasteiger partial charge is 0.405 e. The van der Waals surface area contributed by atoms with Crippen molar-refractivity contribution < 1.29 is 9.90 Å². The lowest BCUT2D eigenvalue weighted by atomic mass is 10.1. The molecule has 1 amide bonds. The van der Waals surface area contributed by atoms with Crippen molar-refractivity contribution in [2.45, 2.75) is 13.0 Å². The number of nitrogens with one attached hydrogen (secondary N) is 1. The van der Waals surface area contributed by atoms with Crippen LogP contribution in [-0.4, -0.2) is 41.7 Å². The van der Waals surface area contributed by atoms with E-state index in [0.29, 0.717) is 0 Å². The summed E-state index contributed by atoms with van der Waals surface area (Å²) in [5, 5.41) is 11.7. The number of rotatable bonds is 5. The van der Waals surface area contributed by atoms with Gasteiger partial charge < -0.3 is 15.3 Å². The van der Waals surface area contributed by atoms with Gasteiger partial charge in [-0.15, -0.1) is 11.3 Å². The van der Waals surface area contributed by atoms with Crippen LogP contribution in [-0.2, 0) is 13.0 Å². The van der Waals surface area contributed by atoms with Crippen LogP contribution in [0.5, 0.6) is 0 Å². The molecule has 0 saturated heterocycles. The molecule has 0 fully saturated rings. The summed E-state index contributed by atoms with van der Waals surface area (Å²) in [6.07, 6.45) is -0.0330. The molecule has 0 unspecified atom stereocenters. The first-order valence-electron chi connectivity index (χ1n) is 6.04. The average Bonchev–Trinajstić information content (AvgIpc) is 2.75. The number of likely N-dealkylation sites (N-methyl/N-ethyl adjacent to an activating group) is 1. The van der Waals surface area contributed by atoms with Gasteiger partial charge in [-0.3, -0.25) is 0 Å². The van der Waals surface area contributed by atoms with E-state index >= 15 is 0 Å². The van der Waals surface area contributed by atoms with Crippen molar-refractivity contribution in [1.82, 2.24) is 15.2 Å². The Morgan fingerprint density at radius 3 is 2.95 bits per heavy atom. The van der Waals surface area contributed by atoms with Gasteiger partial charge in [0.15, 0.2) is 0 Å². The molecule has 6 heteroatoms. The molecule has 0 atom stereocenters. The van der Waals surface area contributed by atoms with Gasteiger partial charge in [0.1, 0.15) is 5.01 Å². The van der Waals surface area contributed by atoms with Gasteiger partial charge in [-0.2, -0.15) is 0 Å². The predicted octanol–water partition coefficient (Wildman–Crippen LogP) is 2.17. The summed E-state index contributed by atoms with van der Waals surface area (Å²) >= 11 is 1.52. The largest absolute Gasteiger partial charge is 0.465 e. The van der Waals surface area contributed by atoms with Gasteiger partial charge >= 0.3 is 6.09 Å². The van der Waals surface area contributed by atoms with Gasteiger partial charge in [0.2, 0.25) is 0 Å². The molecule has 0 aliphatic carbocycles. The van der Waals surface area contributed by atoms with Crippen molar-refractivity contribution in [1.29, 1.82) is 0 Å². The first-order chi connectivity index (χ1) is 9.04. The minimum atomic E-state index is -1.02. The lowest BCUT2D eigenvalue weighted by Gasteiger charge is -2.08. The second-order valence-electron chi connectivity index (χ2n) is 4.62. The van der Waals surface area contributed by atoms with E-state index in [0.717, 1.165) is 28.2 Å². The highest BCUT2D eigenvalue weighted by atomic mass is 32.1. The van der Waals surface area contributed by atoms with Crippen LogP contribution >= 0.6 is 11.3 Å². The van der Waals surface area contributed by atoms with E-state index in [1.54, 1.807) is 0 Å². The van der Waals surface area contributed by atoms with Gasteiger partial charge in [-0.25, -0.2) is 9.78 Å². The van der Waals surface area contributed by atoms with Crippen LogP contribution in [0.15, 0.2) is 18.2 Å². The standard InChI is InChI=1S/C13H17N3O2S/c1-16(2)6-5-9-3-4-11-10(7-9)15-12(19-11)8-14-13(17)18/h3-4,7,14H,5-6,8H2,1-2H3,(H,17,18). The molecule has 1 aromatic carbocycles. The van der Waals surface area contributed by atoms with Crippen molar-refractivity contribution >= 4 is 27.6 Å². The highest BCUT2D eigenvalue weighted by Crippen LogP contribution is 2.23. The number of thiazole rings is 1. The summed E-state index contributed by atoms with van der Waals surface area (Å²) in [5.41, 5.74) is 2.20. The molecule has 1 aromatic heterocycles. The van der Waals surface area contributed by atoms with Crippen LogP contribution in [0.3, 0.4) is 0 Å². The zero-order valence-corrected chi connectivity index (χ0v) is 11.8. The molecular formula is C13H17N3O2S. The molecule has 19 heavy (non-hydrogen) atoms. The molecule has 5 nitrogen and oxygen atoms in total. The maximum Gasteiger partial charge on any atom is 0.405 e. The minimum Gasteiger partial charge on any atom is -0.465 e. The third-order valence-electron chi connectivity index (χ3n) is 2.73. The molecule has 102 valence electrons. The Hall–Kier alpha value is -1.66. The number of hydrogen-bond acceptors (Lipinski definition) is 4. The second kappa shape index (κ2) is 5.99. The van der Waals surface area contributed by atoms with Gasteiger partial charge in [-0.1, -0.05) is 6.07 Å². The first-order valence-corrected chi connectivity index (χ1v) is 6.86.